The summed E-state index contributed by atoms with van der Waals surface area (Å²) in [5.41, 5.74) is 10.6. The van der Waals surface area contributed by atoms with Crippen LogP contribution in [-0.2, 0) is 13.0 Å². The molecule has 0 atom stereocenters. The first-order valence-electron chi connectivity index (χ1n) is 9.54. The Morgan fingerprint density at radius 2 is 1.66 bits per heavy atom. The van der Waals surface area contributed by atoms with Crippen molar-refractivity contribution in [2.45, 2.75) is 13.0 Å². The largest absolute Gasteiger partial charge is 0.376 e. The molecular formula is C24H25N3OS. The number of amides is 1. The van der Waals surface area contributed by atoms with E-state index in [-0.39, 0.29) is 11.0 Å². The Hall–Kier alpha value is -3.02. The molecule has 0 radical (unpaired) electrons. The molecule has 0 aromatic heterocycles. The van der Waals surface area contributed by atoms with Gasteiger partial charge in [-0.3, -0.25) is 10.1 Å². The molecule has 0 saturated carbocycles. The van der Waals surface area contributed by atoms with Crippen molar-refractivity contribution in [1.82, 2.24) is 10.2 Å². The monoisotopic (exact) mass is 403 g/mol. The van der Waals surface area contributed by atoms with E-state index < -0.39 is 0 Å². The van der Waals surface area contributed by atoms with Crippen LogP contribution in [0.3, 0.4) is 0 Å². The molecule has 4 nitrogen and oxygen atoms in total. The third kappa shape index (κ3) is 6.24. The number of carbonyl (C=O) groups is 1. The Morgan fingerprint density at radius 3 is 2.34 bits per heavy atom. The summed E-state index contributed by atoms with van der Waals surface area (Å²) >= 11 is 4.73. The fraction of sp³-hybridized carbons (Fsp3) is 0.167. The van der Waals surface area contributed by atoms with Crippen molar-refractivity contribution in [2.75, 3.05) is 13.6 Å². The van der Waals surface area contributed by atoms with E-state index in [4.69, 9.17) is 18.0 Å². The zero-order chi connectivity index (χ0) is 20.6. The third-order valence-electron chi connectivity index (χ3n) is 4.73. The second-order valence-electron chi connectivity index (χ2n) is 7.07. The zero-order valence-electron chi connectivity index (χ0n) is 16.5. The van der Waals surface area contributed by atoms with Crippen LogP contribution < -0.4 is 11.1 Å². The highest BCUT2D eigenvalue weighted by molar-refractivity contribution is 7.80. The molecule has 3 aromatic rings. The standard InChI is InChI=1S/C24H25N3OS/c1-27(17-19-6-3-2-4-7-19)15-14-18-10-12-20(13-11-18)21-8-5-9-22(16-21)23(28)26-24(25)29/h2-13,16H,14-15,17H2,1H3,(H3,25,26,28,29). The summed E-state index contributed by atoms with van der Waals surface area (Å²) in [5.74, 6) is -0.294. The number of likely N-dealkylation sites (N-methyl/N-ethyl adjacent to an activating group) is 1. The van der Waals surface area contributed by atoms with Crippen LogP contribution in [0.4, 0.5) is 0 Å². The van der Waals surface area contributed by atoms with Crippen LogP contribution in [0.1, 0.15) is 21.5 Å². The molecule has 148 valence electrons. The Kier molecular flexibility index (Phi) is 7.11. The van der Waals surface area contributed by atoms with Crippen LogP contribution in [0.15, 0.2) is 78.9 Å². The maximum absolute atomic E-state index is 12.1. The lowest BCUT2D eigenvalue weighted by Crippen LogP contribution is -2.34. The van der Waals surface area contributed by atoms with Gasteiger partial charge in [-0.2, -0.15) is 0 Å². The van der Waals surface area contributed by atoms with Gasteiger partial charge in [-0.05, 0) is 60.1 Å². The lowest BCUT2D eigenvalue weighted by atomic mass is 10.0. The Bertz CT molecular complexity index is 971. The average molecular weight is 404 g/mol. The number of nitrogens with two attached hydrogens (primary N) is 1. The molecule has 0 saturated heterocycles. The quantitative estimate of drug-likeness (QED) is 0.586. The van der Waals surface area contributed by atoms with E-state index in [9.17, 15) is 4.79 Å². The summed E-state index contributed by atoms with van der Waals surface area (Å²) in [6.45, 7) is 1.93. The number of carbonyl (C=O) groups excluding carboxylic acids is 1. The molecule has 0 unspecified atom stereocenters. The maximum atomic E-state index is 12.1. The summed E-state index contributed by atoms with van der Waals surface area (Å²) in [4.78, 5) is 14.4. The summed E-state index contributed by atoms with van der Waals surface area (Å²) in [5, 5.41) is 2.43. The van der Waals surface area contributed by atoms with Gasteiger partial charge in [0.05, 0.1) is 0 Å². The highest BCUT2D eigenvalue weighted by atomic mass is 32.1. The molecule has 0 aliphatic heterocycles. The van der Waals surface area contributed by atoms with E-state index in [1.165, 1.54) is 11.1 Å². The topological polar surface area (TPSA) is 58.4 Å². The lowest BCUT2D eigenvalue weighted by molar-refractivity contribution is 0.0977. The van der Waals surface area contributed by atoms with Gasteiger partial charge in [0.25, 0.3) is 5.91 Å². The summed E-state index contributed by atoms with van der Waals surface area (Å²) in [6.07, 6.45) is 0.986. The van der Waals surface area contributed by atoms with E-state index >= 15 is 0 Å². The molecule has 0 bridgehead atoms. The van der Waals surface area contributed by atoms with E-state index in [1.54, 1.807) is 6.07 Å². The summed E-state index contributed by atoms with van der Waals surface area (Å²) in [7, 11) is 2.14. The second-order valence-corrected chi connectivity index (χ2v) is 7.51. The van der Waals surface area contributed by atoms with E-state index in [2.05, 4.69) is 65.8 Å². The van der Waals surface area contributed by atoms with E-state index in [0.717, 1.165) is 30.6 Å². The van der Waals surface area contributed by atoms with Gasteiger partial charge in [0, 0.05) is 18.7 Å². The fourth-order valence-electron chi connectivity index (χ4n) is 3.18. The van der Waals surface area contributed by atoms with Crippen molar-refractivity contribution in [3.63, 3.8) is 0 Å². The molecule has 0 spiro atoms. The molecule has 0 fully saturated rings. The highest BCUT2D eigenvalue weighted by Crippen LogP contribution is 2.21. The van der Waals surface area contributed by atoms with Gasteiger partial charge in [-0.25, -0.2) is 0 Å². The molecule has 3 aromatic carbocycles. The summed E-state index contributed by atoms with van der Waals surface area (Å²) < 4.78 is 0. The third-order valence-corrected chi connectivity index (χ3v) is 4.83. The van der Waals surface area contributed by atoms with Crippen molar-refractivity contribution in [3.8, 4) is 11.1 Å². The Balaban J connectivity index is 1.60. The normalized spacial score (nSPS) is 10.7. The van der Waals surface area contributed by atoms with Gasteiger partial charge in [0.15, 0.2) is 5.11 Å². The molecular weight excluding hydrogens is 378 g/mol. The Labute approximate surface area is 177 Å². The number of benzene rings is 3. The van der Waals surface area contributed by atoms with Gasteiger partial charge < -0.3 is 10.6 Å². The van der Waals surface area contributed by atoms with Crippen molar-refractivity contribution in [3.05, 3.63) is 95.6 Å². The smallest absolute Gasteiger partial charge is 0.257 e. The van der Waals surface area contributed by atoms with E-state index in [0.29, 0.717) is 5.56 Å². The Morgan fingerprint density at radius 1 is 0.931 bits per heavy atom. The molecule has 29 heavy (non-hydrogen) atoms. The lowest BCUT2D eigenvalue weighted by Gasteiger charge is -2.16. The summed E-state index contributed by atoms with van der Waals surface area (Å²) in [6, 6.07) is 26.4. The van der Waals surface area contributed by atoms with E-state index in [1.807, 2.05) is 24.3 Å². The van der Waals surface area contributed by atoms with Gasteiger partial charge in [0.2, 0.25) is 0 Å². The number of nitrogens with zero attached hydrogens (tertiary/aromatic N) is 1. The van der Waals surface area contributed by atoms with Crippen molar-refractivity contribution in [1.29, 1.82) is 0 Å². The molecule has 0 aliphatic rings. The maximum Gasteiger partial charge on any atom is 0.257 e. The molecule has 0 aliphatic carbocycles. The number of thiocarbonyl (C=S) groups is 1. The van der Waals surface area contributed by atoms with Crippen LogP contribution in [0.25, 0.3) is 11.1 Å². The molecule has 1 amide bonds. The highest BCUT2D eigenvalue weighted by Gasteiger charge is 2.08. The predicted octanol–water partition coefficient (Wildman–Crippen LogP) is 4.00. The first-order chi connectivity index (χ1) is 14.0. The van der Waals surface area contributed by atoms with Crippen LogP contribution in [0.2, 0.25) is 0 Å². The first-order valence-corrected chi connectivity index (χ1v) is 9.95. The van der Waals surface area contributed by atoms with Crippen molar-refractivity contribution >= 4 is 23.2 Å². The van der Waals surface area contributed by atoms with Crippen LogP contribution in [-0.4, -0.2) is 29.5 Å². The van der Waals surface area contributed by atoms with Crippen molar-refractivity contribution in [2.24, 2.45) is 5.73 Å². The zero-order valence-corrected chi connectivity index (χ0v) is 17.3. The minimum Gasteiger partial charge on any atom is -0.376 e. The SMILES string of the molecule is CN(CCc1ccc(-c2cccc(C(=O)NC(N)=S)c2)cc1)Cc1ccccc1. The van der Waals surface area contributed by atoms with Crippen LogP contribution >= 0.6 is 12.2 Å². The van der Waals surface area contributed by atoms with Crippen LogP contribution in [0, 0.1) is 0 Å². The average Bonchev–Trinajstić information content (AvgIpc) is 2.73. The van der Waals surface area contributed by atoms with Crippen molar-refractivity contribution < 1.29 is 4.79 Å². The molecule has 5 heteroatoms. The second kappa shape index (κ2) is 9.96. The minimum atomic E-state index is -0.294. The van der Waals surface area contributed by atoms with Gasteiger partial charge in [-0.1, -0.05) is 66.7 Å². The number of hydrogen-bond donors (Lipinski definition) is 2. The number of hydrogen-bond acceptors (Lipinski definition) is 3. The number of rotatable bonds is 7. The predicted molar refractivity (Wildman–Crippen MR) is 123 cm³/mol. The molecule has 0 heterocycles. The molecule has 3 rings (SSSR count). The fourth-order valence-corrected chi connectivity index (χ4v) is 3.27. The van der Waals surface area contributed by atoms with Crippen LogP contribution in [0.5, 0.6) is 0 Å². The van der Waals surface area contributed by atoms with Gasteiger partial charge >= 0.3 is 0 Å². The van der Waals surface area contributed by atoms with Gasteiger partial charge in [-0.15, -0.1) is 0 Å². The van der Waals surface area contributed by atoms with Gasteiger partial charge in [0.1, 0.15) is 0 Å². The number of nitrogens with one attached hydrogen (secondary N) is 1. The molecule has 3 N–H and O–H groups in total. The first kappa shape index (κ1) is 20.7. The minimum absolute atomic E-state index is 0.0259.